The number of rotatable bonds is 0. The van der Waals surface area contributed by atoms with Gasteiger partial charge in [0.05, 0.1) is 0 Å². The fourth-order valence-corrected chi connectivity index (χ4v) is 2.66. The van der Waals surface area contributed by atoms with Crippen molar-refractivity contribution in [1.82, 2.24) is 0 Å². The average Bonchev–Trinajstić information content (AvgIpc) is 2.66. The highest BCUT2D eigenvalue weighted by Gasteiger charge is 2.12. The van der Waals surface area contributed by atoms with E-state index < -0.39 is 0 Å². The zero-order chi connectivity index (χ0) is 11.8. The van der Waals surface area contributed by atoms with Crippen molar-refractivity contribution in [2.45, 2.75) is 20.3 Å². The fourth-order valence-electron chi connectivity index (χ4n) is 2.66. The largest absolute Gasteiger partial charge is 0.0620 e. The molecule has 0 spiro atoms. The smallest absolute Gasteiger partial charge is 0.00201 e. The number of fused-ring (bicyclic) bond motifs is 3. The predicted octanol–water partition coefficient (Wildman–Crippen LogP) is 2.85. The molecular weight excluding hydrogens is 204 g/mol. The lowest BCUT2D eigenvalue weighted by molar-refractivity contribution is 1.22. The second kappa shape index (κ2) is 3.89. The molecule has 0 atom stereocenters. The minimum absolute atomic E-state index is 1.05. The molecule has 0 heterocycles. The third-order valence-electron chi connectivity index (χ3n) is 3.79. The Balaban J connectivity index is 2.54. The summed E-state index contributed by atoms with van der Waals surface area (Å²) in [6.07, 6.45) is 9.84. The molecule has 1 aromatic carbocycles. The first-order valence-electron chi connectivity index (χ1n) is 6.11. The van der Waals surface area contributed by atoms with Gasteiger partial charge in [0.25, 0.3) is 0 Å². The molecule has 17 heavy (non-hydrogen) atoms. The summed E-state index contributed by atoms with van der Waals surface area (Å²) in [5.41, 5.74) is 5.70. The van der Waals surface area contributed by atoms with Gasteiger partial charge in [0.1, 0.15) is 0 Å². The van der Waals surface area contributed by atoms with E-state index in [1.54, 1.807) is 0 Å². The van der Waals surface area contributed by atoms with Crippen molar-refractivity contribution < 1.29 is 0 Å². The fraction of sp³-hybridized carbons (Fsp3) is 0.176. The Morgan fingerprint density at radius 2 is 1.24 bits per heavy atom. The molecule has 0 saturated carbocycles. The highest BCUT2D eigenvalue weighted by molar-refractivity contribution is 5.75. The Labute approximate surface area is 102 Å². The van der Waals surface area contributed by atoms with Gasteiger partial charge in [-0.15, -0.1) is 0 Å². The van der Waals surface area contributed by atoms with Crippen molar-refractivity contribution in [2.24, 2.45) is 0 Å². The summed E-state index contributed by atoms with van der Waals surface area (Å²) in [7, 11) is 0. The minimum atomic E-state index is 1.05. The molecule has 84 valence electrons. The van der Waals surface area contributed by atoms with E-state index in [-0.39, 0.29) is 0 Å². The number of hydrogen-bond donors (Lipinski definition) is 0. The quantitative estimate of drug-likeness (QED) is 0.630. The second-order valence-electron chi connectivity index (χ2n) is 4.74. The molecule has 0 N–H and O–H groups in total. The van der Waals surface area contributed by atoms with Gasteiger partial charge >= 0.3 is 0 Å². The van der Waals surface area contributed by atoms with Crippen LogP contribution in [0.5, 0.6) is 0 Å². The van der Waals surface area contributed by atoms with E-state index in [0.717, 1.165) is 6.42 Å². The molecule has 0 aliphatic heterocycles. The zero-order valence-electron chi connectivity index (χ0n) is 10.3. The van der Waals surface area contributed by atoms with Crippen LogP contribution in [0.2, 0.25) is 0 Å². The Bertz CT molecular complexity index is 620. The van der Waals surface area contributed by atoms with Crippen molar-refractivity contribution in [3.63, 3.8) is 0 Å². The Kier molecular flexibility index (Phi) is 2.36. The summed E-state index contributed by atoms with van der Waals surface area (Å²) in [5, 5.41) is 2.77. The zero-order valence-corrected chi connectivity index (χ0v) is 10.3. The molecule has 0 unspecified atom stereocenters. The molecule has 0 radical (unpaired) electrons. The van der Waals surface area contributed by atoms with Crippen LogP contribution in [0.4, 0.5) is 0 Å². The van der Waals surface area contributed by atoms with E-state index >= 15 is 0 Å². The van der Waals surface area contributed by atoms with Crippen molar-refractivity contribution in [3.8, 4) is 0 Å². The molecule has 0 aromatic heterocycles. The third kappa shape index (κ3) is 1.61. The van der Waals surface area contributed by atoms with Crippen LogP contribution in [0.1, 0.15) is 20.3 Å². The summed E-state index contributed by atoms with van der Waals surface area (Å²) in [6, 6.07) is 8.72. The average molecular weight is 220 g/mol. The van der Waals surface area contributed by atoms with Gasteiger partial charge < -0.3 is 0 Å². The molecule has 2 aliphatic rings. The Morgan fingerprint density at radius 1 is 0.765 bits per heavy atom. The van der Waals surface area contributed by atoms with Gasteiger partial charge in [0, 0.05) is 0 Å². The van der Waals surface area contributed by atoms with Crippen LogP contribution in [0.3, 0.4) is 0 Å². The molecule has 2 aliphatic carbocycles. The number of benzene rings is 1. The summed E-state index contributed by atoms with van der Waals surface area (Å²) in [6.45, 7) is 4.47. The molecule has 2 bridgehead atoms. The maximum atomic E-state index is 2.24. The third-order valence-corrected chi connectivity index (χ3v) is 3.79. The summed E-state index contributed by atoms with van der Waals surface area (Å²) in [5.74, 6) is 0. The minimum Gasteiger partial charge on any atom is -0.0620 e. The van der Waals surface area contributed by atoms with Crippen LogP contribution >= 0.6 is 0 Å². The lowest BCUT2D eigenvalue weighted by Gasteiger charge is -2.06. The van der Waals surface area contributed by atoms with E-state index in [2.05, 4.69) is 62.4 Å². The first-order chi connectivity index (χ1) is 8.27. The van der Waals surface area contributed by atoms with E-state index in [1.165, 1.54) is 32.7 Å². The van der Waals surface area contributed by atoms with Crippen LogP contribution in [0, 0.1) is 0 Å². The molecule has 0 amide bonds. The first kappa shape index (κ1) is 10.3. The summed E-state index contributed by atoms with van der Waals surface area (Å²) >= 11 is 0. The second-order valence-corrected chi connectivity index (χ2v) is 4.74. The van der Waals surface area contributed by atoms with Crippen molar-refractivity contribution >= 4 is 11.1 Å². The van der Waals surface area contributed by atoms with Gasteiger partial charge in [-0.05, 0) is 53.0 Å². The van der Waals surface area contributed by atoms with Gasteiger partial charge in [-0.25, -0.2) is 0 Å². The van der Waals surface area contributed by atoms with Crippen molar-refractivity contribution in [2.75, 3.05) is 0 Å². The van der Waals surface area contributed by atoms with E-state index in [0.29, 0.717) is 0 Å². The summed E-state index contributed by atoms with van der Waals surface area (Å²) < 4.78 is 0. The lowest BCUT2D eigenvalue weighted by Crippen LogP contribution is -2.27. The highest BCUT2D eigenvalue weighted by atomic mass is 14.2. The van der Waals surface area contributed by atoms with Gasteiger partial charge in [-0.2, -0.15) is 0 Å². The van der Waals surface area contributed by atoms with Gasteiger partial charge in [-0.3, -0.25) is 0 Å². The molecule has 3 rings (SSSR count). The molecule has 0 nitrogen and oxygen atoms in total. The van der Waals surface area contributed by atoms with E-state index in [9.17, 15) is 0 Å². The van der Waals surface area contributed by atoms with Crippen LogP contribution in [0.25, 0.3) is 11.1 Å². The lowest BCUT2D eigenvalue weighted by atomic mass is 9.98. The molecule has 1 aromatic rings. The van der Waals surface area contributed by atoms with Gasteiger partial charge in [0.2, 0.25) is 0 Å². The van der Waals surface area contributed by atoms with Crippen LogP contribution in [-0.2, 0) is 0 Å². The van der Waals surface area contributed by atoms with Crippen LogP contribution < -0.4 is 10.4 Å². The topological polar surface area (TPSA) is 0 Å². The Morgan fingerprint density at radius 3 is 1.71 bits per heavy atom. The number of allylic oxidation sites excluding steroid dienone is 6. The highest BCUT2D eigenvalue weighted by Crippen LogP contribution is 2.27. The Hall–Kier alpha value is -1.82. The van der Waals surface area contributed by atoms with Gasteiger partial charge in [-0.1, -0.05) is 48.6 Å². The normalized spacial score (nSPS) is 18.0. The standard InChI is InChI=1S/C17H16/c1-12-14-7-3-4-8-15(11-14)13(2)17-10-6-5-9-16(12)17/h3-10H,11H2,1-2H3. The summed E-state index contributed by atoms with van der Waals surface area (Å²) in [4.78, 5) is 0. The predicted molar refractivity (Wildman–Crippen MR) is 73.8 cm³/mol. The number of hydrogen-bond acceptors (Lipinski definition) is 0. The maximum absolute atomic E-state index is 2.24. The molecule has 0 heteroatoms. The molecular formula is C17H16. The van der Waals surface area contributed by atoms with Gasteiger partial charge in [0.15, 0.2) is 0 Å². The van der Waals surface area contributed by atoms with Crippen molar-refractivity contribution in [3.05, 3.63) is 70.2 Å². The monoisotopic (exact) mass is 220 g/mol. The van der Waals surface area contributed by atoms with E-state index in [1.807, 2.05) is 0 Å². The molecule has 0 fully saturated rings. The van der Waals surface area contributed by atoms with E-state index in [4.69, 9.17) is 0 Å². The van der Waals surface area contributed by atoms with Crippen molar-refractivity contribution in [1.29, 1.82) is 0 Å². The SMILES string of the molecule is CC1=c2ccccc2=C(C)C2=CC=CC=C1C2. The maximum Gasteiger partial charge on any atom is -0.00201 e. The first-order valence-corrected chi connectivity index (χ1v) is 6.11. The van der Waals surface area contributed by atoms with Crippen LogP contribution in [-0.4, -0.2) is 0 Å². The molecule has 0 saturated heterocycles. The van der Waals surface area contributed by atoms with Crippen LogP contribution in [0.15, 0.2) is 59.7 Å².